The molecular weight excluding hydrogens is 244 g/mol. The molecule has 0 aromatic heterocycles. The summed E-state index contributed by atoms with van der Waals surface area (Å²) in [4.78, 5) is 0. The molecule has 0 heterocycles. The van der Waals surface area contributed by atoms with Gasteiger partial charge in [-0.1, -0.05) is 11.6 Å². The topological polar surface area (TPSA) is 12.0 Å². The Morgan fingerprint density at radius 2 is 2.05 bits per heavy atom. The van der Waals surface area contributed by atoms with Crippen molar-refractivity contribution in [2.45, 2.75) is 44.6 Å². The molecule has 0 spiro atoms. The number of likely N-dealkylation sites (N-methyl/N-ethyl adjacent to an activating group) is 1. The molecule has 1 unspecified atom stereocenters. The quantitative estimate of drug-likeness (QED) is 0.794. The molecule has 0 saturated carbocycles. The maximum Gasteiger partial charge on any atom is 0.126 e. The lowest BCUT2D eigenvalue weighted by molar-refractivity contribution is 0.511. The largest absolute Gasteiger partial charge is 0.316 e. The predicted molar refractivity (Wildman–Crippen MR) is 74.1 cm³/mol. The molecule has 1 atom stereocenters. The molecule has 104 valence electrons. The molecule has 1 aliphatic carbocycles. The van der Waals surface area contributed by atoms with E-state index in [1.807, 2.05) is 7.05 Å². The van der Waals surface area contributed by atoms with Gasteiger partial charge in [0.15, 0.2) is 0 Å². The second kappa shape index (κ2) is 6.80. The van der Waals surface area contributed by atoms with Crippen LogP contribution in [0.5, 0.6) is 0 Å². The Morgan fingerprint density at radius 1 is 1.21 bits per heavy atom. The average Bonchev–Trinajstić information content (AvgIpc) is 2.43. The Balaban J connectivity index is 2.02. The standard InChI is InChI=1S/C16H21F2N/c1-19-15(9-12-5-3-2-4-6-12)11-13-10-14(17)7-8-16(13)18/h5,7-8,10,15,19H,2-4,6,9,11H2,1H3. The van der Waals surface area contributed by atoms with E-state index in [4.69, 9.17) is 0 Å². The first-order valence-electron chi connectivity index (χ1n) is 6.98. The number of benzene rings is 1. The number of nitrogens with one attached hydrogen (secondary N) is 1. The minimum Gasteiger partial charge on any atom is -0.316 e. The molecule has 1 aromatic carbocycles. The fourth-order valence-electron chi connectivity index (χ4n) is 2.65. The van der Waals surface area contributed by atoms with Gasteiger partial charge in [-0.15, -0.1) is 0 Å². The predicted octanol–water partition coefficient (Wildman–Crippen LogP) is 3.99. The number of halogens is 2. The monoisotopic (exact) mass is 265 g/mol. The molecule has 19 heavy (non-hydrogen) atoms. The second-order valence-electron chi connectivity index (χ2n) is 5.24. The van der Waals surface area contributed by atoms with Crippen LogP contribution in [-0.2, 0) is 6.42 Å². The van der Waals surface area contributed by atoms with Crippen molar-refractivity contribution in [3.63, 3.8) is 0 Å². The van der Waals surface area contributed by atoms with Gasteiger partial charge in [-0.05, 0) is 69.3 Å². The van der Waals surface area contributed by atoms with Crippen LogP contribution in [0.4, 0.5) is 8.78 Å². The lowest BCUT2D eigenvalue weighted by Gasteiger charge is -2.20. The van der Waals surface area contributed by atoms with E-state index in [9.17, 15) is 8.78 Å². The molecule has 0 fully saturated rings. The number of allylic oxidation sites excluding steroid dienone is 1. The fourth-order valence-corrected chi connectivity index (χ4v) is 2.65. The highest BCUT2D eigenvalue weighted by Gasteiger charge is 2.14. The van der Waals surface area contributed by atoms with Crippen LogP contribution in [0, 0.1) is 11.6 Å². The third-order valence-electron chi connectivity index (χ3n) is 3.78. The molecular formula is C16H21F2N. The number of hydrogen-bond donors (Lipinski definition) is 1. The van der Waals surface area contributed by atoms with E-state index < -0.39 is 0 Å². The molecule has 3 heteroatoms. The third-order valence-corrected chi connectivity index (χ3v) is 3.78. The zero-order chi connectivity index (χ0) is 13.7. The van der Waals surface area contributed by atoms with Crippen molar-refractivity contribution < 1.29 is 8.78 Å². The Labute approximate surface area is 113 Å². The summed E-state index contributed by atoms with van der Waals surface area (Å²) < 4.78 is 26.8. The Morgan fingerprint density at radius 3 is 2.74 bits per heavy atom. The Hall–Kier alpha value is -1.22. The van der Waals surface area contributed by atoms with E-state index in [-0.39, 0.29) is 17.7 Å². The molecule has 0 amide bonds. The zero-order valence-corrected chi connectivity index (χ0v) is 11.4. The van der Waals surface area contributed by atoms with Gasteiger partial charge in [0.05, 0.1) is 0 Å². The van der Waals surface area contributed by atoms with Crippen molar-refractivity contribution in [2.75, 3.05) is 7.05 Å². The van der Waals surface area contributed by atoms with E-state index in [1.165, 1.54) is 30.5 Å². The van der Waals surface area contributed by atoms with Crippen molar-refractivity contribution in [1.29, 1.82) is 0 Å². The van der Waals surface area contributed by atoms with E-state index in [0.29, 0.717) is 12.0 Å². The van der Waals surface area contributed by atoms with Crippen molar-refractivity contribution in [3.8, 4) is 0 Å². The Bertz CT molecular complexity index is 454. The smallest absolute Gasteiger partial charge is 0.126 e. The molecule has 1 N–H and O–H groups in total. The summed E-state index contributed by atoms with van der Waals surface area (Å²) in [5, 5.41) is 3.21. The molecule has 0 saturated heterocycles. The normalized spacial score (nSPS) is 17.1. The van der Waals surface area contributed by atoms with E-state index in [1.54, 1.807) is 0 Å². The minimum atomic E-state index is -0.372. The molecule has 1 aliphatic rings. The number of rotatable bonds is 5. The molecule has 0 bridgehead atoms. The van der Waals surface area contributed by atoms with Crippen LogP contribution >= 0.6 is 0 Å². The van der Waals surface area contributed by atoms with E-state index in [2.05, 4.69) is 11.4 Å². The maximum atomic E-state index is 13.6. The second-order valence-corrected chi connectivity index (χ2v) is 5.24. The summed E-state index contributed by atoms with van der Waals surface area (Å²) in [5.74, 6) is -0.692. The molecule has 0 radical (unpaired) electrons. The van der Waals surface area contributed by atoms with Crippen LogP contribution in [0.15, 0.2) is 29.8 Å². The highest BCUT2D eigenvalue weighted by molar-refractivity contribution is 5.20. The van der Waals surface area contributed by atoms with Gasteiger partial charge in [-0.2, -0.15) is 0 Å². The molecule has 2 rings (SSSR count). The van der Waals surface area contributed by atoms with Crippen LogP contribution in [0.3, 0.4) is 0 Å². The summed E-state index contributed by atoms with van der Waals surface area (Å²) in [6.45, 7) is 0. The SMILES string of the molecule is CNC(CC1=CCCCC1)Cc1cc(F)ccc1F. The first-order valence-corrected chi connectivity index (χ1v) is 6.98. The van der Waals surface area contributed by atoms with Crippen molar-refractivity contribution in [3.05, 3.63) is 47.0 Å². The van der Waals surface area contributed by atoms with Gasteiger partial charge in [-0.25, -0.2) is 8.78 Å². The van der Waals surface area contributed by atoms with Gasteiger partial charge in [0.1, 0.15) is 11.6 Å². The van der Waals surface area contributed by atoms with Crippen molar-refractivity contribution in [1.82, 2.24) is 5.32 Å². The van der Waals surface area contributed by atoms with E-state index in [0.717, 1.165) is 25.3 Å². The zero-order valence-electron chi connectivity index (χ0n) is 11.4. The summed E-state index contributed by atoms with van der Waals surface area (Å²) >= 11 is 0. The van der Waals surface area contributed by atoms with Gasteiger partial charge >= 0.3 is 0 Å². The molecule has 0 aliphatic heterocycles. The summed E-state index contributed by atoms with van der Waals surface area (Å²) in [7, 11) is 1.88. The number of hydrogen-bond acceptors (Lipinski definition) is 1. The van der Waals surface area contributed by atoms with Crippen LogP contribution < -0.4 is 5.32 Å². The maximum absolute atomic E-state index is 13.6. The van der Waals surface area contributed by atoms with Crippen LogP contribution in [0.2, 0.25) is 0 Å². The highest BCUT2D eigenvalue weighted by atomic mass is 19.1. The van der Waals surface area contributed by atoms with Gasteiger partial charge in [-0.3, -0.25) is 0 Å². The van der Waals surface area contributed by atoms with Crippen LogP contribution in [0.25, 0.3) is 0 Å². The molecule has 1 nitrogen and oxygen atoms in total. The van der Waals surface area contributed by atoms with Crippen molar-refractivity contribution in [2.24, 2.45) is 0 Å². The average molecular weight is 265 g/mol. The fraction of sp³-hybridized carbons (Fsp3) is 0.500. The first kappa shape index (κ1) is 14.2. The molecule has 1 aromatic rings. The lowest BCUT2D eigenvalue weighted by Crippen LogP contribution is -2.28. The third kappa shape index (κ3) is 4.13. The minimum absolute atomic E-state index is 0.167. The van der Waals surface area contributed by atoms with Gasteiger partial charge in [0.25, 0.3) is 0 Å². The summed E-state index contributed by atoms with van der Waals surface area (Å²) in [6.07, 6.45) is 8.56. The first-order chi connectivity index (χ1) is 9.19. The Kier molecular flexibility index (Phi) is 5.08. The van der Waals surface area contributed by atoms with Crippen LogP contribution in [0.1, 0.15) is 37.7 Å². The van der Waals surface area contributed by atoms with Gasteiger partial charge in [0, 0.05) is 6.04 Å². The van der Waals surface area contributed by atoms with Crippen molar-refractivity contribution >= 4 is 0 Å². The van der Waals surface area contributed by atoms with Gasteiger partial charge in [0.2, 0.25) is 0 Å². The van der Waals surface area contributed by atoms with Crippen LogP contribution in [-0.4, -0.2) is 13.1 Å². The summed E-state index contributed by atoms with van der Waals surface area (Å²) in [5.41, 5.74) is 1.90. The van der Waals surface area contributed by atoms with Gasteiger partial charge < -0.3 is 5.32 Å². The van der Waals surface area contributed by atoms with E-state index >= 15 is 0 Å². The highest BCUT2D eigenvalue weighted by Crippen LogP contribution is 2.23. The summed E-state index contributed by atoms with van der Waals surface area (Å²) in [6, 6.07) is 3.84. The lowest BCUT2D eigenvalue weighted by atomic mass is 9.92.